The number of phenols is 1. The van der Waals surface area contributed by atoms with E-state index in [1.807, 2.05) is 4.90 Å². The van der Waals surface area contributed by atoms with Gasteiger partial charge in [0.1, 0.15) is 5.75 Å². The molecular formula is C15H23N3O2. The fourth-order valence-electron chi connectivity index (χ4n) is 2.30. The van der Waals surface area contributed by atoms with Crippen molar-refractivity contribution in [2.45, 2.75) is 0 Å². The van der Waals surface area contributed by atoms with Crippen LogP contribution in [0.5, 0.6) is 5.75 Å². The molecule has 1 amide bonds. The summed E-state index contributed by atoms with van der Waals surface area (Å²) in [5, 5.41) is 9.25. The van der Waals surface area contributed by atoms with E-state index in [9.17, 15) is 9.90 Å². The molecule has 5 heteroatoms. The molecule has 1 aliphatic heterocycles. The molecule has 1 N–H and O–H groups in total. The molecule has 5 nitrogen and oxygen atoms in total. The summed E-state index contributed by atoms with van der Waals surface area (Å²) in [5.41, 5.74) is 0.643. The van der Waals surface area contributed by atoms with E-state index in [0.29, 0.717) is 5.56 Å². The molecule has 0 radical (unpaired) electrons. The SMILES string of the molecule is CN(C)CCN1CCN(C(=O)c2ccc(O)cc2)CC1. The Morgan fingerprint density at radius 1 is 1.15 bits per heavy atom. The summed E-state index contributed by atoms with van der Waals surface area (Å²) in [7, 11) is 4.15. The average molecular weight is 277 g/mol. The molecule has 0 unspecified atom stereocenters. The molecule has 1 saturated heterocycles. The van der Waals surface area contributed by atoms with Crippen molar-refractivity contribution in [2.24, 2.45) is 0 Å². The number of rotatable bonds is 4. The maximum absolute atomic E-state index is 12.3. The van der Waals surface area contributed by atoms with E-state index in [1.54, 1.807) is 24.3 Å². The van der Waals surface area contributed by atoms with Crippen molar-refractivity contribution in [2.75, 3.05) is 53.4 Å². The zero-order valence-corrected chi connectivity index (χ0v) is 12.2. The minimum atomic E-state index is 0.0530. The Labute approximate surface area is 120 Å². The summed E-state index contributed by atoms with van der Waals surface area (Å²) in [5.74, 6) is 0.243. The van der Waals surface area contributed by atoms with Crippen LogP contribution >= 0.6 is 0 Å². The van der Waals surface area contributed by atoms with E-state index < -0.39 is 0 Å². The highest BCUT2D eigenvalue weighted by atomic mass is 16.3. The molecular weight excluding hydrogens is 254 g/mol. The van der Waals surface area contributed by atoms with Crippen LogP contribution in [0.4, 0.5) is 0 Å². The van der Waals surface area contributed by atoms with Crippen LogP contribution in [0.3, 0.4) is 0 Å². The van der Waals surface area contributed by atoms with Crippen LogP contribution in [0.2, 0.25) is 0 Å². The predicted octanol–water partition coefficient (Wildman–Crippen LogP) is 0.712. The van der Waals surface area contributed by atoms with Crippen LogP contribution in [-0.2, 0) is 0 Å². The Kier molecular flexibility index (Phi) is 4.98. The number of hydrogen-bond donors (Lipinski definition) is 1. The van der Waals surface area contributed by atoms with Crippen LogP contribution in [0.25, 0.3) is 0 Å². The third-order valence-corrected chi connectivity index (χ3v) is 3.64. The Morgan fingerprint density at radius 2 is 1.75 bits per heavy atom. The maximum Gasteiger partial charge on any atom is 0.253 e. The van der Waals surface area contributed by atoms with Crippen molar-refractivity contribution in [1.29, 1.82) is 0 Å². The first-order valence-electron chi connectivity index (χ1n) is 7.01. The molecule has 0 spiro atoms. The number of likely N-dealkylation sites (N-methyl/N-ethyl adjacent to an activating group) is 1. The van der Waals surface area contributed by atoms with Gasteiger partial charge >= 0.3 is 0 Å². The van der Waals surface area contributed by atoms with E-state index >= 15 is 0 Å². The van der Waals surface area contributed by atoms with E-state index in [1.165, 1.54) is 0 Å². The Bertz CT molecular complexity index is 437. The molecule has 0 aromatic heterocycles. The van der Waals surface area contributed by atoms with E-state index in [0.717, 1.165) is 39.3 Å². The molecule has 1 heterocycles. The van der Waals surface area contributed by atoms with Crippen molar-refractivity contribution >= 4 is 5.91 Å². The lowest BCUT2D eigenvalue weighted by Gasteiger charge is -2.35. The second-order valence-corrected chi connectivity index (χ2v) is 5.48. The first-order chi connectivity index (χ1) is 9.56. The molecule has 1 aromatic carbocycles. The number of benzene rings is 1. The van der Waals surface area contributed by atoms with Crippen molar-refractivity contribution in [3.63, 3.8) is 0 Å². The fourth-order valence-corrected chi connectivity index (χ4v) is 2.30. The number of carbonyl (C=O) groups excluding carboxylic acids is 1. The molecule has 1 fully saturated rings. The zero-order valence-electron chi connectivity index (χ0n) is 12.2. The second-order valence-electron chi connectivity index (χ2n) is 5.48. The summed E-state index contributed by atoms with van der Waals surface area (Å²) >= 11 is 0. The minimum Gasteiger partial charge on any atom is -0.508 e. The van der Waals surface area contributed by atoms with Crippen molar-refractivity contribution in [3.8, 4) is 5.75 Å². The van der Waals surface area contributed by atoms with E-state index in [4.69, 9.17) is 0 Å². The van der Waals surface area contributed by atoms with Gasteiger partial charge in [-0.05, 0) is 38.4 Å². The third kappa shape index (κ3) is 3.95. The van der Waals surface area contributed by atoms with Gasteiger partial charge in [-0.2, -0.15) is 0 Å². The topological polar surface area (TPSA) is 47.0 Å². The monoisotopic (exact) mass is 277 g/mol. The van der Waals surface area contributed by atoms with Crippen LogP contribution in [0.1, 0.15) is 10.4 Å². The molecule has 0 aliphatic carbocycles. The number of phenolic OH excluding ortho intramolecular Hbond substituents is 1. The van der Waals surface area contributed by atoms with Gasteiger partial charge < -0.3 is 14.9 Å². The van der Waals surface area contributed by atoms with Crippen LogP contribution in [0, 0.1) is 0 Å². The summed E-state index contributed by atoms with van der Waals surface area (Å²) < 4.78 is 0. The number of aromatic hydroxyl groups is 1. The average Bonchev–Trinajstić information content (AvgIpc) is 2.46. The van der Waals surface area contributed by atoms with E-state index in [-0.39, 0.29) is 11.7 Å². The standard InChI is InChI=1S/C15H23N3O2/c1-16(2)7-8-17-9-11-18(12-10-17)15(20)13-3-5-14(19)6-4-13/h3-6,19H,7-12H2,1-2H3. The molecule has 20 heavy (non-hydrogen) atoms. The first-order valence-corrected chi connectivity index (χ1v) is 7.01. The molecule has 1 aromatic rings. The van der Waals surface area contributed by atoms with Crippen molar-refractivity contribution in [1.82, 2.24) is 14.7 Å². The quantitative estimate of drug-likeness (QED) is 0.880. The lowest BCUT2D eigenvalue weighted by Crippen LogP contribution is -2.49. The predicted molar refractivity (Wildman–Crippen MR) is 79.0 cm³/mol. The highest BCUT2D eigenvalue weighted by Crippen LogP contribution is 2.13. The summed E-state index contributed by atoms with van der Waals surface area (Å²) in [6.45, 7) is 5.50. The van der Waals surface area contributed by atoms with Crippen molar-refractivity contribution < 1.29 is 9.90 Å². The lowest BCUT2D eigenvalue weighted by molar-refractivity contribution is 0.0630. The van der Waals surface area contributed by atoms with Gasteiger partial charge in [0, 0.05) is 44.8 Å². The molecule has 2 rings (SSSR count). The minimum absolute atomic E-state index is 0.0530. The number of carbonyl (C=O) groups is 1. The normalized spacial score (nSPS) is 16.6. The molecule has 110 valence electrons. The van der Waals surface area contributed by atoms with Gasteiger partial charge in [-0.15, -0.1) is 0 Å². The van der Waals surface area contributed by atoms with Gasteiger partial charge in [0.15, 0.2) is 0 Å². The molecule has 0 atom stereocenters. The molecule has 0 saturated carbocycles. The smallest absolute Gasteiger partial charge is 0.253 e. The van der Waals surface area contributed by atoms with Gasteiger partial charge in [-0.3, -0.25) is 9.69 Å². The number of piperazine rings is 1. The molecule has 0 bridgehead atoms. The molecule has 1 aliphatic rings. The van der Waals surface area contributed by atoms with Gasteiger partial charge in [0.05, 0.1) is 0 Å². The lowest BCUT2D eigenvalue weighted by atomic mass is 10.1. The maximum atomic E-state index is 12.3. The van der Waals surface area contributed by atoms with Gasteiger partial charge in [-0.1, -0.05) is 0 Å². The summed E-state index contributed by atoms with van der Waals surface area (Å²) in [6.07, 6.45) is 0. The summed E-state index contributed by atoms with van der Waals surface area (Å²) in [4.78, 5) is 18.8. The van der Waals surface area contributed by atoms with Crippen molar-refractivity contribution in [3.05, 3.63) is 29.8 Å². The highest BCUT2D eigenvalue weighted by Gasteiger charge is 2.21. The van der Waals surface area contributed by atoms with Gasteiger partial charge in [0.2, 0.25) is 0 Å². The van der Waals surface area contributed by atoms with Gasteiger partial charge in [0.25, 0.3) is 5.91 Å². The number of hydrogen-bond acceptors (Lipinski definition) is 4. The fraction of sp³-hybridized carbons (Fsp3) is 0.533. The number of nitrogens with zero attached hydrogens (tertiary/aromatic N) is 3. The second kappa shape index (κ2) is 6.72. The first kappa shape index (κ1) is 14.8. The highest BCUT2D eigenvalue weighted by molar-refractivity contribution is 5.94. The van der Waals surface area contributed by atoms with Crippen LogP contribution in [0.15, 0.2) is 24.3 Å². The third-order valence-electron chi connectivity index (χ3n) is 3.64. The largest absolute Gasteiger partial charge is 0.508 e. The van der Waals surface area contributed by atoms with Crippen LogP contribution in [-0.4, -0.2) is 79.1 Å². The zero-order chi connectivity index (χ0) is 14.5. The Hall–Kier alpha value is -1.59. The van der Waals surface area contributed by atoms with Gasteiger partial charge in [-0.25, -0.2) is 0 Å². The number of amides is 1. The van der Waals surface area contributed by atoms with Crippen LogP contribution < -0.4 is 0 Å². The Morgan fingerprint density at radius 3 is 2.30 bits per heavy atom. The Balaban J connectivity index is 1.84. The summed E-state index contributed by atoms with van der Waals surface area (Å²) in [6, 6.07) is 6.47. The van der Waals surface area contributed by atoms with E-state index in [2.05, 4.69) is 23.9 Å².